The Morgan fingerprint density at radius 2 is 1.76 bits per heavy atom. The number of halogens is 2. The number of nitrogens with one attached hydrogen (secondary N) is 1. The van der Waals surface area contributed by atoms with Gasteiger partial charge in [-0.25, -0.2) is 0 Å². The molecule has 1 aliphatic rings. The summed E-state index contributed by atoms with van der Waals surface area (Å²) in [6.07, 6.45) is 0.905. The molecule has 0 fully saturated rings. The molecule has 110 valence electrons. The lowest BCUT2D eigenvalue weighted by Crippen LogP contribution is -2.01. The van der Waals surface area contributed by atoms with Crippen LogP contribution in [0.3, 0.4) is 0 Å². The molecule has 2 aromatic rings. The van der Waals surface area contributed by atoms with Crippen molar-refractivity contribution in [3.63, 3.8) is 0 Å². The van der Waals surface area contributed by atoms with E-state index in [1.807, 2.05) is 30.3 Å². The molecule has 1 aliphatic heterocycles. The number of ether oxygens (including phenoxy) is 2. The number of hydrogen-bond donors (Lipinski definition) is 1. The number of anilines is 1. The largest absolute Gasteiger partial charge is 0.490 e. The van der Waals surface area contributed by atoms with Gasteiger partial charge < -0.3 is 14.8 Å². The van der Waals surface area contributed by atoms with E-state index in [4.69, 9.17) is 32.7 Å². The molecule has 0 saturated carbocycles. The molecule has 0 unspecified atom stereocenters. The van der Waals surface area contributed by atoms with Crippen molar-refractivity contribution < 1.29 is 9.47 Å². The molecule has 21 heavy (non-hydrogen) atoms. The number of rotatable bonds is 3. The lowest BCUT2D eigenvalue weighted by atomic mass is 10.2. The zero-order valence-electron chi connectivity index (χ0n) is 11.4. The van der Waals surface area contributed by atoms with Crippen LogP contribution in [0.15, 0.2) is 36.4 Å². The van der Waals surface area contributed by atoms with Gasteiger partial charge in [-0.2, -0.15) is 0 Å². The van der Waals surface area contributed by atoms with Gasteiger partial charge in [-0.15, -0.1) is 0 Å². The van der Waals surface area contributed by atoms with E-state index >= 15 is 0 Å². The lowest BCUT2D eigenvalue weighted by molar-refractivity contribution is 0.297. The van der Waals surface area contributed by atoms with E-state index in [0.717, 1.165) is 29.2 Å². The van der Waals surface area contributed by atoms with E-state index in [-0.39, 0.29) is 0 Å². The Hall–Kier alpha value is -1.58. The first kappa shape index (κ1) is 14.4. The van der Waals surface area contributed by atoms with Gasteiger partial charge in [-0.05, 0) is 35.9 Å². The van der Waals surface area contributed by atoms with Gasteiger partial charge in [0.15, 0.2) is 11.5 Å². The predicted octanol–water partition coefficient (Wildman–Crippen LogP) is 4.77. The molecule has 0 bridgehead atoms. The Balaban J connectivity index is 1.72. The predicted molar refractivity (Wildman–Crippen MR) is 85.8 cm³/mol. The van der Waals surface area contributed by atoms with Crippen molar-refractivity contribution in [2.75, 3.05) is 18.5 Å². The van der Waals surface area contributed by atoms with Gasteiger partial charge in [-0.1, -0.05) is 29.3 Å². The molecule has 5 heteroatoms. The maximum absolute atomic E-state index is 6.14. The molecule has 3 rings (SSSR count). The van der Waals surface area contributed by atoms with E-state index in [9.17, 15) is 0 Å². The molecule has 0 saturated heterocycles. The molecule has 0 atom stereocenters. The molecule has 0 spiro atoms. The second-order valence-electron chi connectivity index (χ2n) is 4.81. The second-order valence-corrected chi connectivity index (χ2v) is 5.65. The van der Waals surface area contributed by atoms with E-state index < -0.39 is 0 Å². The van der Waals surface area contributed by atoms with Gasteiger partial charge in [-0.3, -0.25) is 0 Å². The maximum Gasteiger partial charge on any atom is 0.161 e. The Morgan fingerprint density at radius 1 is 0.952 bits per heavy atom. The first-order valence-electron chi connectivity index (χ1n) is 6.80. The van der Waals surface area contributed by atoms with Crippen LogP contribution in [0.2, 0.25) is 10.0 Å². The fourth-order valence-electron chi connectivity index (χ4n) is 2.15. The van der Waals surface area contributed by atoms with Crippen molar-refractivity contribution >= 4 is 28.9 Å². The zero-order chi connectivity index (χ0) is 14.7. The molecule has 0 amide bonds. The fourth-order valence-corrected chi connectivity index (χ4v) is 2.62. The van der Waals surface area contributed by atoms with Gasteiger partial charge in [0, 0.05) is 18.0 Å². The molecule has 1 N–H and O–H groups in total. The van der Waals surface area contributed by atoms with E-state index in [1.165, 1.54) is 0 Å². The van der Waals surface area contributed by atoms with E-state index in [1.54, 1.807) is 6.07 Å². The second kappa shape index (κ2) is 6.46. The van der Waals surface area contributed by atoms with Gasteiger partial charge in [0.25, 0.3) is 0 Å². The molecule has 0 aliphatic carbocycles. The topological polar surface area (TPSA) is 30.5 Å². The first-order chi connectivity index (χ1) is 10.2. The van der Waals surface area contributed by atoms with E-state index in [0.29, 0.717) is 29.8 Å². The minimum atomic E-state index is 0.608. The highest BCUT2D eigenvalue weighted by atomic mass is 35.5. The number of fused-ring (bicyclic) bond motifs is 1. The molecule has 1 heterocycles. The molecule has 0 radical (unpaired) electrons. The average Bonchev–Trinajstić information content (AvgIpc) is 2.71. The van der Waals surface area contributed by atoms with Crippen molar-refractivity contribution in [2.45, 2.75) is 13.0 Å². The van der Waals surface area contributed by atoms with Crippen LogP contribution in [-0.4, -0.2) is 13.2 Å². The minimum Gasteiger partial charge on any atom is -0.490 e. The monoisotopic (exact) mass is 323 g/mol. The summed E-state index contributed by atoms with van der Waals surface area (Å²) >= 11 is 12.0. The number of hydrogen-bond acceptors (Lipinski definition) is 3. The number of benzene rings is 2. The molecular weight excluding hydrogens is 309 g/mol. The zero-order valence-corrected chi connectivity index (χ0v) is 12.9. The van der Waals surface area contributed by atoms with Crippen molar-refractivity contribution in [2.24, 2.45) is 0 Å². The van der Waals surface area contributed by atoms with Gasteiger partial charge >= 0.3 is 0 Å². The normalized spacial score (nSPS) is 13.6. The maximum atomic E-state index is 6.14. The van der Waals surface area contributed by atoms with Crippen LogP contribution in [0, 0.1) is 0 Å². The van der Waals surface area contributed by atoms with Gasteiger partial charge in [0.1, 0.15) is 0 Å². The Morgan fingerprint density at radius 3 is 2.57 bits per heavy atom. The van der Waals surface area contributed by atoms with Crippen LogP contribution in [-0.2, 0) is 6.54 Å². The molecule has 3 nitrogen and oxygen atoms in total. The summed E-state index contributed by atoms with van der Waals surface area (Å²) in [5, 5.41) is 4.53. The Kier molecular flexibility index (Phi) is 4.42. The highest BCUT2D eigenvalue weighted by Gasteiger charge is 2.10. The van der Waals surface area contributed by atoms with Crippen molar-refractivity contribution in [1.29, 1.82) is 0 Å². The third-order valence-corrected chi connectivity index (χ3v) is 3.77. The summed E-state index contributed by atoms with van der Waals surface area (Å²) in [4.78, 5) is 0. The first-order valence-corrected chi connectivity index (χ1v) is 7.55. The molecule has 0 aromatic heterocycles. The quantitative estimate of drug-likeness (QED) is 0.882. The highest BCUT2D eigenvalue weighted by Crippen LogP contribution is 2.31. The van der Waals surface area contributed by atoms with Crippen LogP contribution < -0.4 is 14.8 Å². The van der Waals surface area contributed by atoms with Gasteiger partial charge in [0.05, 0.1) is 23.9 Å². The van der Waals surface area contributed by atoms with Crippen LogP contribution in [0.4, 0.5) is 5.69 Å². The van der Waals surface area contributed by atoms with Crippen LogP contribution >= 0.6 is 23.2 Å². The lowest BCUT2D eigenvalue weighted by Gasteiger charge is -2.11. The third kappa shape index (κ3) is 3.55. The highest BCUT2D eigenvalue weighted by molar-refractivity contribution is 6.36. The van der Waals surface area contributed by atoms with Crippen molar-refractivity contribution in [3.8, 4) is 11.5 Å². The fraction of sp³-hybridized carbons (Fsp3) is 0.250. The van der Waals surface area contributed by atoms with E-state index in [2.05, 4.69) is 5.32 Å². The summed E-state index contributed by atoms with van der Waals surface area (Å²) in [5.74, 6) is 1.61. The average molecular weight is 324 g/mol. The summed E-state index contributed by atoms with van der Waals surface area (Å²) in [6.45, 7) is 2.04. The minimum absolute atomic E-state index is 0.608. The molecule has 2 aromatic carbocycles. The molecular formula is C16H15Cl2NO2. The van der Waals surface area contributed by atoms with Crippen LogP contribution in [0.5, 0.6) is 11.5 Å². The Labute approximate surface area is 133 Å². The standard InChI is InChI=1S/C16H15Cl2NO2/c17-12-3-4-14(13(18)9-12)19-10-11-2-5-15-16(8-11)21-7-1-6-20-15/h2-5,8-9,19H,1,6-7,10H2. The van der Waals surface area contributed by atoms with Crippen molar-refractivity contribution in [3.05, 3.63) is 52.0 Å². The summed E-state index contributed by atoms with van der Waals surface area (Å²) < 4.78 is 11.3. The summed E-state index contributed by atoms with van der Waals surface area (Å²) in [7, 11) is 0. The smallest absolute Gasteiger partial charge is 0.161 e. The van der Waals surface area contributed by atoms with Crippen molar-refractivity contribution in [1.82, 2.24) is 0 Å². The summed E-state index contributed by atoms with van der Waals surface area (Å²) in [6, 6.07) is 11.4. The third-order valence-electron chi connectivity index (χ3n) is 3.23. The summed E-state index contributed by atoms with van der Waals surface area (Å²) in [5.41, 5.74) is 1.96. The van der Waals surface area contributed by atoms with Crippen LogP contribution in [0.25, 0.3) is 0 Å². The SMILES string of the molecule is Clc1ccc(NCc2ccc3c(c2)OCCCO3)c(Cl)c1. The van der Waals surface area contributed by atoms with Gasteiger partial charge in [0.2, 0.25) is 0 Å². The van der Waals surface area contributed by atoms with Crippen LogP contribution in [0.1, 0.15) is 12.0 Å². The Bertz CT molecular complexity index is 646.